The normalized spacial score (nSPS) is 14.8. The topological polar surface area (TPSA) is 69.6 Å². The molecular weight excluding hydrogens is 376 g/mol. The van der Waals surface area contributed by atoms with Crippen molar-refractivity contribution < 1.29 is 14.7 Å². The lowest BCUT2D eigenvalue weighted by Crippen LogP contribution is -2.46. The van der Waals surface area contributed by atoms with Crippen molar-refractivity contribution in [2.75, 3.05) is 6.61 Å². The lowest BCUT2D eigenvalue weighted by atomic mass is 10.0. The highest BCUT2D eigenvalue weighted by molar-refractivity contribution is 6.01. The van der Waals surface area contributed by atoms with E-state index >= 15 is 0 Å². The first-order valence-corrected chi connectivity index (χ1v) is 10.1. The molecule has 5 nitrogen and oxygen atoms in total. The molecule has 0 saturated heterocycles. The van der Waals surface area contributed by atoms with Gasteiger partial charge in [-0.15, -0.1) is 0 Å². The summed E-state index contributed by atoms with van der Waals surface area (Å²) in [6.45, 7) is 0.195. The van der Waals surface area contributed by atoms with Crippen molar-refractivity contribution >= 4 is 11.8 Å². The quantitative estimate of drug-likeness (QED) is 0.640. The third-order valence-corrected chi connectivity index (χ3v) is 5.42. The number of benzene rings is 3. The Morgan fingerprint density at radius 1 is 0.933 bits per heavy atom. The fourth-order valence-electron chi connectivity index (χ4n) is 3.93. The predicted molar refractivity (Wildman–Crippen MR) is 115 cm³/mol. The van der Waals surface area contributed by atoms with E-state index in [1.165, 1.54) is 0 Å². The number of nitrogens with one attached hydrogen (secondary N) is 1. The highest BCUT2D eigenvalue weighted by Crippen LogP contribution is 2.31. The fraction of sp³-hybridized carbons (Fsp3) is 0.200. The van der Waals surface area contributed by atoms with E-state index in [-0.39, 0.29) is 18.4 Å². The van der Waals surface area contributed by atoms with Gasteiger partial charge < -0.3 is 15.3 Å². The number of aliphatic hydroxyl groups excluding tert-OH is 1. The molecule has 2 atom stereocenters. The van der Waals surface area contributed by atoms with Crippen molar-refractivity contribution in [2.24, 2.45) is 0 Å². The van der Waals surface area contributed by atoms with Crippen LogP contribution in [0.2, 0.25) is 0 Å². The minimum absolute atomic E-state index is 0.154. The molecule has 0 saturated carbocycles. The molecule has 2 amide bonds. The summed E-state index contributed by atoms with van der Waals surface area (Å²) in [6.07, 6.45) is 0.513. The molecule has 3 aromatic carbocycles. The molecule has 0 bridgehead atoms. The Kier molecular flexibility index (Phi) is 5.91. The lowest BCUT2D eigenvalue weighted by Gasteiger charge is -2.29. The molecule has 0 unspecified atom stereocenters. The van der Waals surface area contributed by atoms with Crippen LogP contribution in [0.15, 0.2) is 84.9 Å². The second-order valence-electron chi connectivity index (χ2n) is 7.48. The molecule has 30 heavy (non-hydrogen) atoms. The predicted octanol–water partition coefficient (Wildman–Crippen LogP) is 3.10. The zero-order valence-electron chi connectivity index (χ0n) is 16.6. The lowest BCUT2D eigenvalue weighted by molar-refractivity contribution is -0.127. The highest BCUT2D eigenvalue weighted by atomic mass is 16.3. The van der Waals surface area contributed by atoms with E-state index in [0.29, 0.717) is 18.5 Å². The second-order valence-corrected chi connectivity index (χ2v) is 7.48. The number of rotatable bonds is 7. The van der Waals surface area contributed by atoms with E-state index in [1.807, 2.05) is 78.9 Å². The van der Waals surface area contributed by atoms with Gasteiger partial charge in [-0.2, -0.15) is 0 Å². The van der Waals surface area contributed by atoms with E-state index < -0.39 is 12.1 Å². The van der Waals surface area contributed by atoms with Gasteiger partial charge >= 0.3 is 0 Å². The number of aliphatic hydroxyl groups is 1. The van der Waals surface area contributed by atoms with Gasteiger partial charge in [0.1, 0.15) is 6.04 Å². The molecule has 0 radical (unpaired) electrons. The van der Waals surface area contributed by atoms with Crippen molar-refractivity contribution in [3.63, 3.8) is 0 Å². The van der Waals surface area contributed by atoms with Gasteiger partial charge in [0, 0.05) is 12.1 Å². The molecule has 0 spiro atoms. The molecular formula is C25H24N2O3. The minimum Gasteiger partial charge on any atom is -0.394 e. The van der Waals surface area contributed by atoms with Crippen molar-refractivity contribution in [2.45, 2.75) is 25.0 Å². The molecule has 0 aliphatic carbocycles. The SMILES string of the molecule is O=C(N[C@H](CO)Cc1ccccc1)[C@@H](c1ccccc1)N1Cc2ccccc2C1=O. The molecule has 0 aromatic heterocycles. The van der Waals surface area contributed by atoms with Crippen LogP contribution in [0.4, 0.5) is 0 Å². The van der Waals surface area contributed by atoms with Gasteiger partial charge in [-0.1, -0.05) is 78.9 Å². The van der Waals surface area contributed by atoms with Crippen molar-refractivity contribution in [3.05, 3.63) is 107 Å². The Morgan fingerprint density at radius 3 is 2.23 bits per heavy atom. The summed E-state index contributed by atoms with van der Waals surface area (Å²) < 4.78 is 0. The van der Waals surface area contributed by atoms with Crippen LogP contribution >= 0.6 is 0 Å². The summed E-state index contributed by atoms with van der Waals surface area (Å²) in [7, 11) is 0. The largest absolute Gasteiger partial charge is 0.394 e. The van der Waals surface area contributed by atoms with Crippen molar-refractivity contribution in [1.29, 1.82) is 0 Å². The second kappa shape index (κ2) is 8.93. The average molecular weight is 400 g/mol. The maximum atomic E-state index is 13.4. The van der Waals surface area contributed by atoms with Crippen LogP contribution < -0.4 is 5.32 Å². The zero-order chi connectivity index (χ0) is 20.9. The smallest absolute Gasteiger partial charge is 0.255 e. The zero-order valence-corrected chi connectivity index (χ0v) is 16.6. The standard InChI is InChI=1S/C25H24N2O3/c28-17-21(15-18-9-3-1-4-10-18)26-24(29)23(19-11-5-2-6-12-19)27-16-20-13-7-8-14-22(20)25(27)30/h1-14,21,23,28H,15-17H2,(H,26,29)/t21-,23+/m0/s1. The highest BCUT2D eigenvalue weighted by Gasteiger charge is 2.37. The van der Waals surface area contributed by atoms with E-state index in [2.05, 4.69) is 5.32 Å². The molecule has 0 fully saturated rings. The first-order valence-electron chi connectivity index (χ1n) is 10.1. The van der Waals surface area contributed by atoms with E-state index in [0.717, 1.165) is 16.7 Å². The average Bonchev–Trinajstić information content (AvgIpc) is 3.11. The van der Waals surface area contributed by atoms with Crippen LogP contribution in [0.25, 0.3) is 0 Å². The number of hydrogen-bond donors (Lipinski definition) is 2. The van der Waals surface area contributed by atoms with Crippen LogP contribution in [0.3, 0.4) is 0 Å². The van der Waals surface area contributed by atoms with Crippen molar-refractivity contribution in [1.82, 2.24) is 10.2 Å². The number of fused-ring (bicyclic) bond motifs is 1. The van der Waals surface area contributed by atoms with Crippen LogP contribution in [0, 0.1) is 0 Å². The Labute approximate surface area is 176 Å². The molecule has 1 heterocycles. The summed E-state index contributed by atoms with van der Waals surface area (Å²) in [4.78, 5) is 28.0. The van der Waals surface area contributed by atoms with Gasteiger partial charge in [-0.3, -0.25) is 9.59 Å². The number of hydrogen-bond acceptors (Lipinski definition) is 3. The maximum absolute atomic E-state index is 13.4. The minimum atomic E-state index is -0.768. The first kappa shape index (κ1) is 19.9. The van der Waals surface area contributed by atoms with Gasteiger partial charge in [0.15, 0.2) is 0 Å². The maximum Gasteiger partial charge on any atom is 0.255 e. The van der Waals surface area contributed by atoms with Gasteiger partial charge in [-0.25, -0.2) is 0 Å². The number of nitrogens with zero attached hydrogens (tertiary/aromatic N) is 1. The number of carbonyl (C=O) groups is 2. The summed E-state index contributed by atoms with van der Waals surface area (Å²) in [5.41, 5.74) is 3.32. The monoisotopic (exact) mass is 400 g/mol. The van der Waals surface area contributed by atoms with E-state index in [9.17, 15) is 14.7 Å². The summed E-state index contributed by atoms with van der Waals surface area (Å²) in [6, 6.07) is 25.2. The van der Waals surface area contributed by atoms with Gasteiger partial charge in [-0.05, 0) is 29.2 Å². The van der Waals surface area contributed by atoms with Gasteiger partial charge in [0.25, 0.3) is 5.91 Å². The molecule has 152 valence electrons. The Balaban J connectivity index is 1.59. The van der Waals surface area contributed by atoms with E-state index in [4.69, 9.17) is 0 Å². The Bertz CT molecular complexity index is 1020. The number of amides is 2. The molecule has 3 aromatic rings. The summed E-state index contributed by atoms with van der Waals surface area (Å²) in [5.74, 6) is -0.449. The summed E-state index contributed by atoms with van der Waals surface area (Å²) in [5, 5.41) is 12.8. The molecule has 5 heteroatoms. The van der Waals surface area contributed by atoms with Crippen LogP contribution in [-0.4, -0.2) is 34.5 Å². The van der Waals surface area contributed by atoms with E-state index in [1.54, 1.807) is 11.0 Å². The molecule has 1 aliphatic heterocycles. The van der Waals surface area contributed by atoms with Crippen LogP contribution in [0.1, 0.15) is 33.1 Å². The van der Waals surface area contributed by atoms with Crippen LogP contribution in [0.5, 0.6) is 0 Å². The number of carbonyl (C=O) groups excluding carboxylic acids is 2. The summed E-state index contributed by atoms with van der Waals surface area (Å²) >= 11 is 0. The van der Waals surface area contributed by atoms with Crippen LogP contribution in [-0.2, 0) is 17.8 Å². The molecule has 1 aliphatic rings. The fourth-order valence-corrected chi connectivity index (χ4v) is 3.93. The van der Waals surface area contributed by atoms with Crippen molar-refractivity contribution in [3.8, 4) is 0 Å². The first-order chi connectivity index (χ1) is 14.7. The molecule has 2 N–H and O–H groups in total. The Morgan fingerprint density at radius 2 is 1.57 bits per heavy atom. The van der Waals surface area contributed by atoms with Gasteiger partial charge in [0.05, 0.1) is 12.6 Å². The molecule has 4 rings (SSSR count). The Hall–Kier alpha value is -3.44. The third-order valence-electron chi connectivity index (χ3n) is 5.42. The van der Waals surface area contributed by atoms with Gasteiger partial charge in [0.2, 0.25) is 5.91 Å². The third kappa shape index (κ3) is 4.11.